The Morgan fingerprint density at radius 2 is 2.20 bits per heavy atom. The van der Waals surface area contributed by atoms with Gasteiger partial charge >= 0.3 is 0 Å². The van der Waals surface area contributed by atoms with E-state index >= 15 is 0 Å². The van der Waals surface area contributed by atoms with Crippen LogP contribution in [-0.2, 0) is 0 Å². The van der Waals surface area contributed by atoms with Gasteiger partial charge in [0.05, 0.1) is 11.6 Å². The van der Waals surface area contributed by atoms with Crippen molar-refractivity contribution >= 4 is 5.69 Å². The van der Waals surface area contributed by atoms with E-state index < -0.39 is 0 Å². The first-order valence-electron chi connectivity index (χ1n) is 4.89. The van der Waals surface area contributed by atoms with Crippen LogP contribution < -0.4 is 4.90 Å². The predicted octanol–water partition coefficient (Wildman–Crippen LogP) is 2.41. The predicted molar refractivity (Wildman–Crippen MR) is 62.5 cm³/mol. The summed E-state index contributed by atoms with van der Waals surface area (Å²) in [4.78, 5) is 2.10. The van der Waals surface area contributed by atoms with Crippen molar-refractivity contribution in [1.29, 1.82) is 5.26 Å². The van der Waals surface area contributed by atoms with Gasteiger partial charge in [0.25, 0.3) is 0 Å². The number of nitrogens with zero attached hydrogens (tertiary/aromatic N) is 2. The van der Waals surface area contributed by atoms with Crippen LogP contribution in [0.4, 0.5) is 5.69 Å². The molecule has 0 spiro atoms. The van der Waals surface area contributed by atoms with Crippen LogP contribution in [0.1, 0.15) is 18.9 Å². The van der Waals surface area contributed by atoms with Gasteiger partial charge in [-0.05, 0) is 25.1 Å². The third-order valence-corrected chi connectivity index (χ3v) is 2.17. The van der Waals surface area contributed by atoms with Gasteiger partial charge in [-0.15, -0.1) is 11.8 Å². The first-order chi connectivity index (χ1) is 7.27. The largest absolute Gasteiger partial charge is 0.374 e. The fraction of sp³-hybridized carbons (Fsp3) is 0.308. The van der Waals surface area contributed by atoms with Crippen LogP contribution in [0.3, 0.4) is 0 Å². The van der Waals surface area contributed by atoms with Crippen molar-refractivity contribution in [2.45, 2.75) is 13.3 Å². The highest BCUT2D eigenvalue weighted by Crippen LogP contribution is 2.14. The van der Waals surface area contributed by atoms with Crippen molar-refractivity contribution in [3.05, 3.63) is 29.8 Å². The van der Waals surface area contributed by atoms with Gasteiger partial charge in [0.15, 0.2) is 0 Å². The fourth-order valence-corrected chi connectivity index (χ4v) is 1.29. The minimum Gasteiger partial charge on any atom is -0.374 e. The first-order valence-corrected chi connectivity index (χ1v) is 4.89. The second-order valence-corrected chi connectivity index (χ2v) is 3.26. The molecule has 0 aliphatic carbocycles. The van der Waals surface area contributed by atoms with E-state index in [0.29, 0.717) is 5.56 Å². The molecule has 0 aromatic heterocycles. The molecule has 0 N–H and O–H groups in total. The molecule has 0 saturated carbocycles. The van der Waals surface area contributed by atoms with E-state index in [0.717, 1.165) is 18.7 Å². The van der Waals surface area contributed by atoms with E-state index in [4.69, 9.17) is 5.26 Å². The third kappa shape index (κ3) is 3.37. The highest BCUT2D eigenvalue weighted by atomic mass is 15.1. The van der Waals surface area contributed by atoms with Gasteiger partial charge in [-0.3, -0.25) is 0 Å². The molecule has 1 aromatic carbocycles. The van der Waals surface area contributed by atoms with Gasteiger partial charge in [0, 0.05) is 25.7 Å². The van der Waals surface area contributed by atoms with Crippen LogP contribution in [0.5, 0.6) is 0 Å². The lowest BCUT2D eigenvalue weighted by Gasteiger charge is -2.17. The Labute approximate surface area is 91.1 Å². The van der Waals surface area contributed by atoms with E-state index in [1.807, 2.05) is 38.2 Å². The average Bonchev–Trinajstić information content (AvgIpc) is 2.29. The molecule has 0 fully saturated rings. The zero-order chi connectivity index (χ0) is 11.1. The summed E-state index contributed by atoms with van der Waals surface area (Å²) in [5.74, 6) is 5.89. The Bertz CT molecular complexity index is 418. The van der Waals surface area contributed by atoms with Gasteiger partial charge in [0.2, 0.25) is 0 Å². The summed E-state index contributed by atoms with van der Waals surface area (Å²) in [5.41, 5.74) is 1.76. The van der Waals surface area contributed by atoms with Crippen molar-refractivity contribution in [3.63, 3.8) is 0 Å². The highest BCUT2D eigenvalue weighted by Gasteiger charge is 2.00. The number of anilines is 1. The van der Waals surface area contributed by atoms with Gasteiger partial charge in [-0.2, -0.15) is 5.26 Å². The fourth-order valence-electron chi connectivity index (χ4n) is 1.29. The van der Waals surface area contributed by atoms with Gasteiger partial charge < -0.3 is 4.90 Å². The second-order valence-electron chi connectivity index (χ2n) is 3.26. The summed E-state index contributed by atoms with van der Waals surface area (Å²) in [7, 11) is 2.01. The number of nitriles is 1. The van der Waals surface area contributed by atoms with Gasteiger partial charge in [-0.25, -0.2) is 0 Å². The summed E-state index contributed by atoms with van der Waals surface area (Å²) in [5, 5.41) is 8.77. The van der Waals surface area contributed by atoms with Crippen LogP contribution in [0.15, 0.2) is 24.3 Å². The number of benzene rings is 1. The Morgan fingerprint density at radius 3 is 2.87 bits per heavy atom. The summed E-state index contributed by atoms with van der Waals surface area (Å²) in [6, 6.07) is 9.73. The number of hydrogen-bond donors (Lipinski definition) is 0. The van der Waals surface area contributed by atoms with Crippen LogP contribution in [0, 0.1) is 23.2 Å². The van der Waals surface area contributed by atoms with Gasteiger partial charge in [0.1, 0.15) is 0 Å². The molecule has 0 amide bonds. The quantitative estimate of drug-likeness (QED) is 0.697. The molecule has 15 heavy (non-hydrogen) atoms. The second kappa shape index (κ2) is 5.73. The molecular weight excluding hydrogens is 184 g/mol. The van der Waals surface area contributed by atoms with E-state index in [1.165, 1.54) is 0 Å². The summed E-state index contributed by atoms with van der Waals surface area (Å²) < 4.78 is 0. The maximum absolute atomic E-state index is 8.77. The van der Waals surface area contributed by atoms with Crippen molar-refractivity contribution in [3.8, 4) is 17.9 Å². The summed E-state index contributed by atoms with van der Waals surface area (Å²) >= 11 is 0. The number of rotatable bonds is 3. The zero-order valence-corrected chi connectivity index (χ0v) is 9.12. The molecule has 1 aromatic rings. The van der Waals surface area contributed by atoms with E-state index in [2.05, 4.69) is 22.8 Å². The molecule has 0 heterocycles. The van der Waals surface area contributed by atoms with Crippen LogP contribution in [-0.4, -0.2) is 13.6 Å². The molecule has 0 aliphatic heterocycles. The minimum atomic E-state index is 0.695. The van der Waals surface area contributed by atoms with Crippen molar-refractivity contribution in [1.82, 2.24) is 0 Å². The lowest BCUT2D eigenvalue weighted by atomic mass is 10.2. The Morgan fingerprint density at radius 1 is 1.40 bits per heavy atom. The normalized spacial score (nSPS) is 8.60. The van der Waals surface area contributed by atoms with Crippen molar-refractivity contribution in [2.75, 3.05) is 18.5 Å². The molecule has 0 radical (unpaired) electrons. The van der Waals surface area contributed by atoms with Gasteiger partial charge in [-0.1, -0.05) is 6.07 Å². The molecule has 1 rings (SSSR count). The molecule has 0 aliphatic rings. The molecule has 2 heteroatoms. The molecule has 0 bridgehead atoms. The Balaban J connectivity index is 2.68. The zero-order valence-electron chi connectivity index (χ0n) is 9.12. The number of hydrogen-bond acceptors (Lipinski definition) is 2. The van der Waals surface area contributed by atoms with E-state index in [-0.39, 0.29) is 0 Å². The molecule has 0 unspecified atom stereocenters. The average molecular weight is 198 g/mol. The summed E-state index contributed by atoms with van der Waals surface area (Å²) in [6.07, 6.45) is 0.851. The lowest BCUT2D eigenvalue weighted by molar-refractivity contribution is 0.912. The maximum Gasteiger partial charge on any atom is 0.0992 e. The molecular formula is C13H14N2. The Kier molecular flexibility index (Phi) is 4.26. The van der Waals surface area contributed by atoms with Crippen LogP contribution in [0.25, 0.3) is 0 Å². The van der Waals surface area contributed by atoms with Crippen molar-refractivity contribution < 1.29 is 0 Å². The topological polar surface area (TPSA) is 27.0 Å². The smallest absolute Gasteiger partial charge is 0.0992 e. The van der Waals surface area contributed by atoms with Crippen molar-refractivity contribution in [2.24, 2.45) is 0 Å². The summed E-state index contributed by atoms with van der Waals surface area (Å²) in [6.45, 7) is 2.73. The van der Waals surface area contributed by atoms with E-state index in [9.17, 15) is 0 Å². The molecule has 0 saturated heterocycles. The lowest BCUT2D eigenvalue weighted by Crippen LogP contribution is -2.17. The SMILES string of the molecule is CC#CCCN(C)c1cccc(C#N)c1. The molecule has 0 atom stereocenters. The molecule has 2 nitrogen and oxygen atoms in total. The third-order valence-electron chi connectivity index (χ3n) is 2.17. The van der Waals surface area contributed by atoms with Crippen LogP contribution >= 0.6 is 0 Å². The van der Waals surface area contributed by atoms with E-state index in [1.54, 1.807) is 0 Å². The monoisotopic (exact) mass is 198 g/mol. The molecule has 76 valence electrons. The minimum absolute atomic E-state index is 0.695. The first kappa shape index (κ1) is 11.1. The Hall–Kier alpha value is -1.93. The highest BCUT2D eigenvalue weighted by molar-refractivity contribution is 5.50. The van der Waals surface area contributed by atoms with Crippen LogP contribution in [0.2, 0.25) is 0 Å². The standard InChI is InChI=1S/C13H14N2/c1-3-4-5-9-15(2)13-8-6-7-12(10-13)11-14/h6-8,10H,5,9H2,1-2H3. The maximum atomic E-state index is 8.77.